The van der Waals surface area contributed by atoms with E-state index in [0.717, 1.165) is 18.7 Å². The Morgan fingerprint density at radius 3 is 2.62 bits per heavy atom. The zero-order valence-corrected chi connectivity index (χ0v) is 11.6. The van der Waals surface area contributed by atoms with Gasteiger partial charge in [-0.2, -0.15) is 0 Å². The fraction of sp³-hybridized carbons (Fsp3) is 0.467. The number of ether oxygens (including phenoxy) is 1. The molecular formula is C15H18N2O4. The van der Waals surface area contributed by atoms with Crippen LogP contribution < -0.4 is 0 Å². The third-order valence-electron chi connectivity index (χ3n) is 3.76. The molecule has 0 saturated carbocycles. The molecule has 0 spiro atoms. The van der Waals surface area contributed by atoms with Gasteiger partial charge in [0, 0.05) is 19.5 Å². The van der Waals surface area contributed by atoms with Gasteiger partial charge in [0.05, 0.1) is 12.6 Å². The number of rotatable bonds is 3. The first kappa shape index (κ1) is 13.9. The first-order valence-electron chi connectivity index (χ1n) is 7.09. The van der Waals surface area contributed by atoms with E-state index in [1.807, 2.05) is 30.3 Å². The number of β-amino-alcohol motifs (C(OH)–C–C–N with tert-alkyl or cyclic N) is 1. The van der Waals surface area contributed by atoms with Crippen LogP contribution in [0.3, 0.4) is 0 Å². The van der Waals surface area contributed by atoms with Gasteiger partial charge in [-0.05, 0) is 5.56 Å². The van der Waals surface area contributed by atoms with Crippen molar-refractivity contribution in [3.8, 4) is 0 Å². The quantitative estimate of drug-likeness (QED) is 0.828. The second-order valence-corrected chi connectivity index (χ2v) is 5.42. The Labute approximate surface area is 122 Å². The topological polar surface area (TPSA) is 69.9 Å². The van der Waals surface area contributed by atoms with Crippen molar-refractivity contribution in [3.05, 3.63) is 35.9 Å². The van der Waals surface area contributed by atoms with Crippen molar-refractivity contribution in [1.82, 2.24) is 9.80 Å². The first-order chi connectivity index (χ1) is 10.1. The summed E-state index contributed by atoms with van der Waals surface area (Å²) in [6.07, 6.45) is -0.922. The number of carbonyl (C=O) groups excluding carboxylic acids is 2. The van der Waals surface area contributed by atoms with Crippen LogP contribution in [-0.4, -0.2) is 58.7 Å². The standard InChI is InChI=1S/C15H18N2O4/c18-12-8-13(14(19)16-6-7-16)17(9-12)15(20)21-10-11-4-2-1-3-5-11/h1-5,12-13,18H,6-10H2. The Balaban J connectivity index is 1.60. The Hall–Kier alpha value is -2.08. The molecule has 2 fully saturated rings. The molecule has 6 heteroatoms. The molecular weight excluding hydrogens is 272 g/mol. The summed E-state index contributed by atoms with van der Waals surface area (Å²) in [5.41, 5.74) is 0.888. The van der Waals surface area contributed by atoms with Crippen LogP contribution in [0, 0.1) is 0 Å². The van der Waals surface area contributed by atoms with Crippen LogP contribution in [0.5, 0.6) is 0 Å². The highest BCUT2D eigenvalue weighted by Gasteiger charge is 2.43. The van der Waals surface area contributed by atoms with Crippen molar-refractivity contribution in [3.63, 3.8) is 0 Å². The molecule has 0 bridgehead atoms. The maximum Gasteiger partial charge on any atom is 0.410 e. The molecule has 1 aromatic carbocycles. The summed E-state index contributed by atoms with van der Waals surface area (Å²) in [7, 11) is 0. The molecule has 1 aromatic rings. The number of benzene rings is 1. The van der Waals surface area contributed by atoms with Gasteiger partial charge in [0.15, 0.2) is 0 Å². The maximum absolute atomic E-state index is 12.1. The SMILES string of the molecule is O=C(C1CC(O)CN1C(=O)OCc1ccccc1)N1CC1. The van der Waals surface area contributed by atoms with Crippen LogP contribution in [0.4, 0.5) is 4.79 Å². The van der Waals surface area contributed by atoms with E-state index < -0.39 is 18.2 Å². The molecule has 2 heterocycles. The van der Waals surface area contributed by atoms with Gasteiger partial charge in [-0.25, -0.2) is 4.79 Å². The number of nitrogens with zero attached hydrogens (tertiary/aromatic N) is 2. The van der Waals surface area contributed by atoms with E-state index in [1.165, 1.54) is 4.90 Å². The molecule has 112 valence electrons. The highest BCUT2D eigenvalue weighted by Crippen LogP contribution is 2.23. The van der Waals surface area contributed by atoms with E-state index in [2.05, 4.69) is 0 Å². The van der Waals surface area contributed by atoms with Crippen LogP contribution in [0.1, 0.15) is 12.0 Å². The third-order valence-corrected chi connectivity index (χ3v) is 3.76. The molecule has 6 nitrogen and oxygen atoms in total. The molecule has 2 aliphatic heterocycles. The highest BCUT2D eigenvalue weighted by molar-refractivity contribution is 5.87. The molecule has 0 aromatic heterocycles. The smallest absolute Gasteiger partial charge is 0.410 e. The molecule has 2 unspecified atom stereocenters. The Morgan fingerprint density at radius 2 is 1.95 bits per heavy atom. The third kappa shape index (κ3) is 3.16. The van der Waals surface area contributed by atoms with E-state index in [1.54, 1.807) is 4.90 Å². The van der Waals surface area contributed by atoms with E-state index in [9.17, 15) is 14.7 Å². The van der Waals surface area contributed by atoms with Crippen molar-refractivity contribution < 1.29 is 19.4 Å². The summed E-state index contributed by atoms with van der Waals surface area (Å²) in [4.78, 5) is 27.3. The van der Waals surface area contributed by atoms with Crippen LogP contribution >= 0.6 is 0 Å². The van der Waals surface area contributed by atoms with Gasteiger partial charge in [-0.3, -0.25) is 9.69 Å². The lowest BCUT2D eigenvalue weighted by atomic mass is 10.2. The monoisotopic (exact) mass is 290 g/mol. The minimum Gasteiger partial charge on any atom is -0.445 e. The van der Waals surface area contributed by atoms with Crippen molar-refractivity contribution in [2.75, 3.05) is 19.6 Å². The number of likely N-dealkylation sites (tertiary alicyclic amines) is 1. The fourth-order valence-electron chi connectivity index (χ4n) is 2.53. The summed E-state index contributed by atoms with van der Waals surface area (Å²) in [5.74, 6) is -0.0942. The van der Waals surface area contributed by atoms with Gasteiger partial charge in [-0.1, -0.05) is 30.3 Å². The minimum absolute atomic E-state index is 0.0942. The van der Waals surface area contributed by atoms with E-state index >= 15 is 0 Å². The summed E-state index contributed by atoms with van der Waals surface area (Å²) < 4.78 is 5.25. The lowest BCUT2D eigenvalue weighted by Crippen LogP contribution is -2.43. The number of hydrogen-bond acceptors (Lipinski definition) is 4. The molecule has 2 aliphatic rings. The van der Waals surface area contributed by atoms with Gasteiger partial charge in [0.2, 0.25) is 5.91 Å². The van der Waals surface area contributed by atoms with Crippen LogP contribution in [0.15, 0.2) is 30.3 Å². The number of amides is 2. The second kappa shape index (κ2) is 5.73. The van der Waals surface area contributed by atoms with Gasteiger partial charge in [0.25, 0.3) is 0 Å². The largest absolute Gasteiger partial charge is 0.445 e. The number of hydrogen-bond donors (Lipinski definition) is 1. The fourth-order valence-corrected chi connectivity index (χ4v) is 2.53. The zero-order valence-electron chi connectivity index (χ0n) is 11.6. The Kier molecular flexibility index (Phi) is 3.79. The molecule has 2 atom stereocenters. The second-order valence-electron chi connectivity index (χ2n) is 5.42. The van der Waals surface area contributed by atoms with Crippen LogP contribution in [0.2, 0.25) is 0 Å². The minimum atomic E-state index is -0.664. The highest BCUT2D eigenvalue weighted by atomic mass is 16.6. The van der Waals surface area contributed by atoms with Gasteiger partial charge < -0.3 is 14.7 Å². The Bertz CT molecular complexity index is 530. The molecule has 0 aliphatic carbocycles. The molecule has 3 rings (SSSR count). The van der Waals surface area contributed by atoms with Crippen molar-refractivity contribution in [1.29, 1.82) is 0 Å². The molecule has 2 saturated heterocycles. The van der Waals surface area contributed by atoms with Gasteiger partial charge in [-0.15, -0.1) is 0 Å². The number of aliphatic hydroxyl groups is 1. The van der Waals surface area contributed by atoms with Crippen LogP contribution in [0.25, 0.3) is 0 Å². The maximum atomic E-state index is 12.1. The number of aliphatic hydroxyl groups excluding tert-OH is 1. The number of carbonyl (C=O) groups is 2. The normalized spacial score (nSPS) is 24.0. The predicted molar refractivity (Wildman–Crippen MR) is 74.3 cm³/mol. The van der Waals surface area contributed by atoms with Crippen LogP contribution in [-0.2, 0) is 16.1 Å². The first-order valence-corrected chi connectivity index (χ1v) is 7.09. The summed E-state index contributed by atoms with van der Waals surface area (Å²) in [6.45, 7) is 1.78. The van der Waals surface area contributed by atoms with Gasteiger partial charge >= 0.3 is 6.09 Å². The summed E-state index contributed by atoms with van der Waals surface area (Å²) in [5, 5.41) is 9.74. The summed E-state index contributed by atoms with van der Waals surface area (Å²) >= 11 is 0. The average molecular weight is 290 g/mol. The van der Waals surface area contributed by atoms with Crippen molar-refractivity contribution in [2.24, 2.45) is 0 Å². The summed E-state index contributed by atoms with van der Waals surface area (Å²) in [6, 6.07) is 8.77. The average Bonchev–Trinajstić information content (AvgIpc) is 3.27. The van der Waals surface area contributed by atoms with Crippen molar-refractivity contribution >= 4 is 12.0 Å². The lowest BCUT2D eigenvalue weighted by Gasteiger charge is -2.22. The predicted octanol–water partition coefficient (Wildman–Crippen LogP) is 0.601. The zero-order chi connectivity index (χ0) is 14.8. The van der Waals surface area contributed by atoms with Gasteiger partial charge in [0.1, 0.15) is 12.6 Å². The van der Waals surface area contributed by atoms with E-state index in [0.29, 0.717) is 0 Å². The Morgan fingerprint density at radius 1 is 1.24 bits per heavy atom. The van der Waals surface area contributed by atoms with E-state index in [4.69, 9.17) is 4.74 Å². The molecule has 21 heavy (non-hydrogen) atoms. The molecule has 0 radical (unpaired) electrons. The molecule has 2 amide bonds. The van der Waals surface area contributed by atoms with Crippen molar-refractivity contribution in [2.45, 2.75) is 25.2 Å². The lowest BCUT2D eigenvalue weighted by molar-refractivity contribution is -0.130. The molecule has 1 N–H and O–H groups in total. The van der Waals surface area contributed by atoms with E-state index in [-0.39, 0.29) is 25.5 Å².